The summed E-state index contributed by atoms with van der Waals surface area (Å²) in [4.78, 5) is 34.0. The average Bonchev–Trinajstić information content (AvgIpc) is 2.42. The Morgan fingerprint density at radius 3 is 2.60 bits per heavy atom. The van der Waals surface area contributed by atoms with Gasteiger partial charge in [0, 0.05) is 19.7 Å². The zero-order valence-corrected chi connectivity index (χ0v) is 11.0. The Bertz CT molecular complexity index is 543. The molecule has 0 aromatic heterocycles. The Labute approximate surface area is 114 Å². The van der Waals surface area contributed by atoms with Crippen LogP contribution in [0.2, 0.25) is 0 Å². The lowest BCUT2D eigenvalue weighted by Crippen LogP contribution is -2.29. The van der Waals surface area contributed by atoms with Crippen LogP contribution in [-0.4, -0.2) is 47.5 Å². The van der Waals surface area contributed by atoms with Crippen molar-refractivity contribution in [1.29, 1.82) is 0 Å². The van der Waals surface area contributed by atoms with E-state index in [9.17, 15) is 19.7 Å². The number of carboxylic acid groups (broad SMARTS) is 1. The predicted molar refractivity (Wildman–Crippen MR) is 68.9 cm³/mol. The number of ether oxygens (including phenoxy) is 1. The minimum absolute atomic E-state index is 0.0392. The highest BCUT2D eigenvalue weighted by Gasteiger charge is 2.23. The number of nitro benzene ring substituents is 1. The monoisotopic (exact) mass is 282 g/mol. The predicted octanol–water partition coefficient (Wildman–Crippen LogP) is 1.15. The first-order chi connectivity index (χ1) is 9.36. The Morgan fingerprint density at radius 1 is 1.45 bits per heavy atom. The molecule has 0 bridgehead atoms. The number of benzene rings is 1. The highest BCUT2D eigenvalue weighted by Crippen LogP contribution is 2.25. The molecule has 0 aliphatic rings. The molecule has 1 aromatic rings. The van der Waals surface area contributed by atoms with E-state index in [-0.39, 0.29) is 24.2 Å². The first-order valence-electron chi connectivity index (χ1n) is 5.66. The van der Waals surface area contributed by atoms with Gasteiger partial charge in [-0.15, -0.1) is 0 Å². The third-order valence-electron chi connectivity index (χ3n) is 2.64. The van der Waals surface area contributed by atoms with E-state index in [0.29, 0.717) is 5.75 Å². The summed E-state index contributed by atoms with van der Waals surface area (Å²) in [5.74, 6) is -1.37. The Balaban J connectivity index is 3.06. The van der Waals surface area contributed by atoms with Gasteiger partial charge in [-0.05, 0) is 12.1 Å². The third kappa shape index (κ3) is 3.67. The number of carbonyl (C=O) groups excluding carboxylic acids is 1. The maximum absolute atomic E-state index is 12.1. The Hall–Kier alpha value is -2.64. The molecule has 1 rings (SSSR count). The van der Waals surface area contributed by atoms with Crippen LogP contribution in [0.1, 0.15) is 16.8 Å². The Kier molecular flexibility index (Phi) is 5.01. The van der Waals surface area contributed by atoms with E-state index in [2.05, 4.69) is 0 Å². The van der Waals surface area contributed by atoms with Gasteiger partial charge in [0.05, 0.1) is 18.5 Å². The van der Waals surface area contributed by atoms with Gasteiger partial charge in [-0.2, -0.15) is 0 Å². The van der Waals surface area contributed by atoms with Crippen LogP contribution in [-0.2, 0) is 4.79 Å². The second kappa shape index (κ2) is 6.50. The molecule has 0 fully saturated rings. The van der Waals surface area contributed by atoms with Crippen molar-refractivity contribution in [3.63, 3.8) is 0 Å². The molecule has 0 saturated carbocycles. The van der Waals surface area contributed by atoms with Crippen LogP contribution >= 0.6 is 0 Å². The van der Waals surface area contributed by atoms with Gasteiger partial charge in [0.15, 0.2) is 0 Å². The van der Waals surface area contributed by atoms with Gasteiger partial charge in [-0.3, -0.25) is 19.7 Å². The summed E-state index contributed by atoms with van der Waals surface area (Å²) in [5.41, 5.74) is -0.486. The molecular weight excluding hydrogens is 268 g/mol. The van der Waals surface area contributed by atoms with Gasteiger partial charge < -0.3 is 14.7 Å². The molecule has 20 heavy (non-hydrogen) atoms. The fourth-order valence-corrected chi connectivity index (χ4v) is 1.54. The number of nitro groups is 1. The van der Waals surface area contributed by atoms with Gasteiger partial charge in [-0.25, -0.2) is 0 Å². The summed E-state index contributed by atoms with van der Waals surface area (Å²) in [6, 6.07) is 3.82. The number of aliphatic carboxylic acids is 1. The molecule has 1 N–H and O–H groups in total. The van der Waals surface area contributed by atoms with Crippen molar-refractivity contribution in [2.75, 3.05) is 20.7 Å². The molecular formula is C12H14N2O6. The lowest BCUT2D eigenvalue weighted by atomic mass is 10.1. The number of rotatable bonds is 6. The maximum atomic E-state index is 12.1. The molecule has 8 heteroatoms. The highest BCUT2D eigenvalue weighted by molar-refractivity contribution is 5.98. The van der Waals surface area contributed by atoms with Crippen molar-refractivity contribution >= 4 is 17.6 Å². The van der Waals surface area contributed by atoms with E-state index in [4.69, 9.17) is 9.84 Å². The second-order valence-electron chi connectivity index (χ2n) is 4.01. The number of hydrogen-bond donors (Lipinski definition) is 1. The number of methoxy groups -OCH3 is 1. The fourth-order valence-electron chi connectivity index (χ4n) is 1.54. The van der Waals surface area contributed by atoms with Crippen LogP contribution in [0.3, 0.4) is 0 Å². The van der Waals surface area contributed by atoms with Crippen LogP contribution in [0.4, 0.5) is 5.69 Å². The molecule has 0 unspecified atom stereocenters. The zero-order chi connectivity index (χ0) is 15.3. The van der Waals surface area contributed by atoms with Crippen molar-refractivity contribution in [2.45, 2.75) is 6.42 Å². The average molecular weight is 282 g/mol. The van der Waals surface area contributed by atoms with Crippen LogP contribution in [0.25, 0.3) is 0 Å². The number of hydrogen-bond acceptors (Lipinski definition) is 5. The van der Waals surface area contributed by atoms with E-state index in [1.807, 2.05) is 0 Å². The smallest absolute Gasteiger partial charge is 0.305 e. The molecule has 8 nitrogen and oxygen atoms in total. The molecule has 0 aliphatic carbocycles. The summed E-state index contributed by atoms with van der Waals surface area (Å²) in [5, 5.41) is 19.5. The lowest BCUT2D eigenvalue weighted by molar-refractivity contribution is -0.385. The number of carboxylic acids is 1. The van der Waals surface area contributed by atoms with Gasteiger partial charge in [0.25, 0.3) is 11.6 Å². The molecule has 0 heterocycles. The zero-order valence-electron chi connectivity index (χ0n) is 11.0. The minimum Gasteiger partial charge on any atom is -0.497 e. The summed E-state index contributed by atoms with van der Waals surface area (Å²) < 4.78 is 4.93. The molecule has 1 aromatic carbocycles. The molecule has 108 valence electrons. The molecule has 0 radical (unpaired) electrons. The van der Waals surface area contributed by atoms with Crippen molar-refractivity contribution in [3.05, 3.63) is 33.9 Å². The summed E-state index contributed by atoms with van der Waals surface area (Å²) in [7, 11) is 2.76. The van der Waals surface area contributed by atoms with Gasteiger partial charge >= 0.3 is 5.97 Å². The van der Waals surface area contributed by atoms with E-state index >= 15 is 0 Å². The standard InChI is InChI=1S/C12H14N2O6/c1-13(6-5-11(15)16)12(17)9-7-8(20-2)3-4-10(9)14(18)19/h3-4,7H,5-6H2,1-2H3,(H,15,16). The van der Waals surface area contributed by atoms with E-state index in [1.54, 1.807) is 0 Å². The Morgan fingerprint density at radius 2 is 2.10 bits per heavy atom. The van der Waals surface area contributed by atoms with Crippen LogP contribution < -0.4 is 4.74 Å². The van der Waals surface area contributed by atoms with E-state index < -0.39 is 16.8 Å². The van der Waals surface area contributed by atoms with Crippen LogP contribution in [0, 0.1) is 10.1 Å². The molecule has 0 saturated heterocycles. The first-order valence-corrected chi connectivity index (χ1v) is 5.66. The van der Waals surface area contributed by atoms with E-state index in [1.165, 1.54) is 32.4 Å². The molecule has 0 atom stereocenters. The second-order valence-corrected chi connectivity index (χ2v) is 4.01. The molecule has 1 amide bonds. The van der Waals surface area contributed by atoms with Crippen molar-refractivity contribution in [2.24, 2.45) is 0 Å². The lowest BCUT2D eigenvalue weighted by Gasteiger charge is -2.16. The van der Waals surface area contributed by atoms with Crippen molar-refractivity contribution < 1.29 is 24.4 Å². The number of carbonyl (C=O) groups is 2. The van der Waals surface area contributed by atoms with Crippen LogP contribution in [0.5, 0.6) is 5.75 Å². The topological polar surface area (TPSA) is 110 Å². The van der Waals surface area contributed by atoms with Crippen molar-refractivity contribution in [3.8, 4) is 5.75 Å². The van der Waals surface area contributed by atoms with Gasteiger partial charge in [-0.1, -0.05) is 0 Å². The third-order valence-corrected chi connectivity index (χ3v) is 2.64. The molecule has 0 aliphatic heterocycles. The summed E-state index contributed by atoms with van der Waals surface area (Å²) in [6.45, 7) is -0.0392. The highest BCUT2D eigenvalue weighted by atomic mass is 16.6. The number of nitrogens with zero attached hydrogens (tertiary/aromatic N) is 2. The maximum Gasteiger partial charge on any atom is 0.305 e. The van der Waals surface area contributed by atoms with Gasteiger partial charge in [0.2, 0.25) is 0 Å². The SMILES string of the molecule is COc1ccc([N+](=O)[O-])c(C(=O)N(C)CCC(=O)O)c1. The summed E-state index contributed by atoms with van der Waals surface area (Å²) >= 11 is 0. The number of amides is 1. The first kappa shape index (κ1) is 15.4. The molecule has 0 spiro atoms. The van der Waals surface area contributed by atoms with Crippen LogP contribution in [0.15, 0.2) is 18.2 Å². The van der Waals surface area contributed by atoms with Gasteiger partial charge in [0.1, 0.15) is 11.3 Å². The van der Waals surface area contributed by atoms with E-state index in [0.717, 1.165) is 4.90 Å². The quantitative estimate of drug-likeness (QED) is 0.619. The summed E-state index contributed by atoms with van der Waals surface area (Å²) in [6.07, 6.45) is -0.236. The largest absolute Gasteiger partial charge is 0.497 e. The normalized spacial score (nSPS) is 9.90. The fraction of sp³-hybridized carbons (Fsp3) is 0.333. The van der Waals surface area contributed by atoms with Crippen molar-refractivity contribution in [1.82, 2.24) is 4.90 Å². The minimum atomic E-state index is -1.05.